The van der Waals surface area contributed by atoms with Crippen LogP contribution in [-0.4, -0.2) is 47.4 Å². The molecule has 1 amide bonds. The Morgan fingerprint density at radius 1 is 0.329 bits per heavy atom. The van der Waals surface area contributed by atoms with E-state index in [1.807, 2.05) is 6.08 Å². The van der Waals surface area contributed by atoms with E-state index in [0.717, 1.165) is 38.5 Å². The number of amides is 1. The van der Waals surface area contributed by atoms with Crippen LogP contribution in [0.4, 0.5) is 0 Å². The van der Waals surface area contributed by atoms with Crippen molar-refractivity contribution < 1.29 is 24.5 Å². The van der Waals surface area contributed by atoms with Crippen LogP contribution in [0.5, 0.6) is 0 Å². The number of hydrogen-bond donors (Lipinski definition) is 3. The molecule has 6 heteroatoms. The van der Waals surface area contributed by atoms with Gasteiger partial charge in [0.15, 0.2) is 0 Å². The van der Waals surface area contributed by atoms with Crippen LogP contribution in [0.25, 0.3) is 0 Å². The van der Waals surface area contributed by atoms with Gasteiger partial charge in [-0.3, -0.25) is 9.59 Å². The summed E-state index contributed by atoms with van der Waals surface area (Å²) in [5.41, 5.74) is 0. The molecule has 0 saturated heterocycles. The van der Waals surface area contributed by atoms with Crippen molar-refractivity contribution in [3.63, 3.8) is 0 Å². The van der Waals surface area contributed by atoms with Crippen LogP contribution in [0.15, 0.2) is 12.2 Å². The molecule has 0 aromatic heterocycles. The van der Waals surface area contributed by atoms with Gasteiger partial charge in [0.1, 0.15) is 0 Å². The van der Waals surface area contributed by atoms with Crippen molar-refractivity contribution in [2.24, 2.45) is 0 Å². The highest BCUT2D eigenvalue weighted by Gasteiger charge is 2.18. The molecule has 0 radical (unpaired) electrons. The molecule has 488 valence electrons. The summed E-state index contributed by atoms with van der Waals surface area (Å²) in [5.74, 6) is -0.0413. The summed E-state index contributed by atoms with van der Waals surface area (Å²) >= 11 is 0. The molecule has 0 aliphatic heterocycles. The number of carbonyl (C=O) groups is 2. The van der Waals surface area contributed by atoms with Gasteiger partial charge in [-0.05, 0) is 32.1 Å². The molecule has 0 rings (SSSR count). The topological polar surface area (TPSA) is 95.9 Å². The first-order valence-electron chi connectivity index (χ1n) is 38.0. The number of rotatable bonds is 72. The largest absolute Gasteiger partial charge is 0.466 e. The Balaban J connectivity index is 3.38. The van der Waals surface area contributed by atoms with E-state index >= 15 is 0 Å². The van der Waals surface area contributed by atoms with Gasteiger partial charge in [0.25, 0.3) is 0 Å². The van der Waals surface area contributed by atoms with Crippen molar-refractivity contribution >= 4 is 11.9 Å². The predicted molar refractivity (Wildman–Crippen MR) is 361 cm³/mol. The number of allylic oxidation sites excluding steroid dienone is 1. The lowest BCUT2D eigenvalue weighted by molar-refractivity contribution is -0.143. The Morgan fingerprint density at radius 3 is 0.829 bits per heavy atom. The lowest BCUT2D eigenvalue weighted by Gasteiger charge is -2.20. The van der Waals surface area contributed by atoms with Gasteiger partial charge in [0.2, 0.25) is 5.91 Å². The average molecular weight is 1160 g/mol. The third kappa shape index (κ3) is 67.7. The van der Waals surface area contributed by atoms with Crippen LogP contribution < -0.4 is 5.32 Å². The summed E-state index contributed by atoms with van der Waals surface area (Å²) in [4.78, 5) is 24.6. The number of carbonyl (C=O) groups excluding carboxylic acids is 2. The molecule has 0 heterocycles. The van der Waals surface area contributed by atoms with Gasteiger partial charge in [-0.1, -0.05) is 405 Å². The number of nitrogens with one attached hydrogen (secondary N) is 1. The summed E-state index contributed by atoms with van der Waals surface area (Å²) in [5, 5.41) is 23.3. The Labute approximate surface area is 514 Å². The second-order valence-corrected chi connectivity index (χ2v) is 26.4. The fourth-order valence-corrected chi connectivity index (χ4v) is 12.3. The van der Waals surface area contributed by atoms with Crippen molar-refractivity contribution in [2.75, 3.05) is 13.2 Å². The van der Waals surface area contributed by atoms with Gasteiger partial charge < -0.3 is 20.3 Å². The number of esters is 1. The van der Waals surface area contributed by atoms with Crippen molar-refractivity contribution in [3.05, 3.63) is 12.2 Å². The third-order valence-electron chi connectivity index (χ3n) is 18.1. The smallest absolute Gasteiger partial charge is 0.305 e. The Morgan fingerprint density at radius 2 is 0.561 bits per heavy atom. The minimum Gasteiger partial charge on any atom is -0.466 e. The van der Waals surface area contributed by atoms with Gasteiger partial charge in [-0.2, -0.15) is 0 Å². The highest BCUT2D eigenvalue weighted by molar-refractivity contribution is 5.76. The SMILES string of the molecule is CCCCCCCCCCCCCCCCCCCCCCCCC/C=C/C(O)C(CO)NC(=O)CCCCCCCCCCCCCCCCCCCCCCCCCCOC(=O)CCCCCCCCCCCCCCCCCC. The molecular weight excluding hydrogens is 1010 g/mol. The van der Waals surface area contributed by atoms with Crippen molar-refractivity contribution in [2.45, 2.75) is 450 Å². The van der Waals surface area contributed by atoms with Crippen LogP contribution in [-0.2, 0) is 14.3 Å². The van der Waals surface area contributed by atoms with E-state index in [-0.39, 0.29) is 18.5 Å². The predicted octanol–water partition coefficient (Wildman–Crippen LogP) is 24.7. The van der Waals surface area contributed by atoms with E-state index in [1.54, 1.807) is 6.08 Å². The van der Waals surface area contributed by atoms with E-state index in [0.29, 0.717) is 19.4 Å². The van der Waals surface area contributed by atoms with Gasteiger partial charge in [0, 0.05) is 12.8 Å². The molecule has 6 nitrogen and oxygen atoms in total. The molecule has 0 aliphatic rings. The maximum atomic E-state index is 12.5. The van der Waals surface area contributed by atoms with Crippen LogP contribution in [0.3, 0.4) is 0 Å². The van der Waals surface area contributed by atoms with E-state index in [4.69, 9.17) is 4.74 Å². The average Bonchev–Trinajstić information content (AvgIpc) is 3.48. The van der Waals surface area contributed by atoms with Gasteiger partial charge in [-0.15, -0.1) is 0 Å². The molecule has 0 aromatic carbocycles. The Hall–Kier alpha value is -1.40. The normalized spacial score (nSPS) is 12.5. The first-order chi connectivity index (χ1) is 40.5. The summed E-state index contributed by atoms with van der Waals surface area (Å²) in [6.45, 7) is 4.96. The van der Waals surface area contributed by atoms with Crippen molar-refractivity contribution in [1.82, 2.24) is 5.32 Å². The van der Waals surface area contributed by atoms with Crippen LogP contribution in [0.1, 0.15) is 438 Å². The van der Waals surface area contributed by atoms with Gasteiger partial charge in [-0.25, -0.2) is 0 Å². The molecule has 0 saturated carbocycles. The molecule has 0 fully saturated rings. The van der Waals surface area contributed by atoms with Gasteiger partial charge in [0.05, 0.1) is 25.4 Å². The molecule has 0 aliphatic carbocycles. The standard InChI is InChI=1S/C76H149NO5/c1-3-5-7-9-11-13-15-17-19-21-22-23-24-25-28-31-34-37-40-44-48-52-56-60-64-68-74(79)73(72-78)77-75(80)69-65-61-57-53-49-45-41-38-35-32-29-26-27-30-33-36-39-43-47-51-55-59-63-67-71-82-76(81)70-66-62-58-54-50-46-42-20-18-16-14-12-10-8-6-4-2/h64,68,73-74,78-79H,3-63,65-67,69-72H2,1-2H3,(H,77,80)/b68-64+. The van der Waals surface area contributed by atoms with E-state index in [9.17, 15) is 19.8 Å². The lowest BCUT2D eigenvalue weighted by Crippen LogP contribution is -2.45. The van der Waals surface area contributed by atoms with Crippen LogP contribution in [0, 0.1) is 0 Å². The molecule has 3 N–H and O–H groups in total. The zero-order chi connectivity index (χ0) is 59.2. The molecule has 2 atom stereocenters. The maximum absolute atomic E-state index is 12.5. The molecule has 0 aromatic rings. The molecule has 0 spiro atoms. The number of hydrogen-bond acceptors (Lipinski definition) is 5. The molecule has 0 bridgehead atoms. The fourth-order valence-electron chi connectivity index (χ4n) is 12.3. The summed E-state index contributed by atoms with van der Waals surface area (Å²) in [6.07, 6.45) is 90.2. The quantitative estimate of drug-likeness (QED) is 0.0320. The first-order valence-corrected chi connectivity index (χ1v) is 38.0. The Kier molecular flexibility index (Phi) is 70.8. The minimum absolute atomic E-state index is 0.0199. The molecule has 2 unspecified atom stereocenters. The number of ether oxygens (including phenoxy) is 1. The second-order valence-electron chi connectivity index (χ2n) is 26.4. The van der Waals surface area contributed by atoms with Crippen LogP contribution >= 0.6 is 0 Å². The summed E-state index contributed by atoms with van der Waals surface area (Å²) in [7, 11) is 0. The van der Waals surface area contributed by atoms with E-state index in [2.05, 4.69) is 19.2 Å². The summed E-state index contributed by atoms with van der Waals surface area (Å²) in [6, 6.07) is -0.628. The molecule has 82 heavy (non-hydrogen) atoms. The number of aliphatic hydroxyl groups excluding tert-OH is 2. The third-order valence-corrected chi connectivity index (χ3v) is 18.1. The maximum Gasteiger partial charge on any atom is 0.305 e. The minimum atomic E-state index is -0.845. The second kappa shape index (κ2) is 72.1. The van der Waals surface area contributed by atoms with Crippen LogP contribution in [0.2, 0.25) is 0 Å². The highest BCUT2D eigenvalue weighted by atomic mass is 16.5. The highest BCUT2D eigenvalue weighted by Crippen LogP contribution is 2.20. The fraction of sp³-hybridized carbons (Fsp3) is 0.947. The van der Waals surface area contributed by atoms with Gasteiger partial charge >= 0.3 is 5.97 Å². The number of aliphatic hydroxyl groups is 2. The first kappa shape index (κ1) is 80.6. The lowest BCUT2D eigenvalue weighted by atomic mass is 10.0. The summed E-state index contributed by atoms with van der Waals surface area (Å²) < 4.78 is 5.51. The van der Waals surface area contributed by atoms with E-state index in [1.165, 1.54) is 372 Å². The zero-order valence-electron chi connectivity index (χ0n) is 56.0. The Bertz CT molecular complexity index is 1240. The van der Waals surface area contributed by atoms with Crippen molar-refractivity contribution in [1.29, 1.82) is 0 Å². The molecular formula is C76H149NO5. The monoisotopic (exact) mass is 1160 g/mol. The van der Waals surface area contributed by atoms with E-state index < -0.39 is 12.1 Å². The zero-order valence-corrected chi connectivity index (χ0v) is 56.0. The number of unbranched alkanes of at least 4 members (excludes halogenated alkanes) is 61. The van der Waals surface area contributed by atoms with Crippen molar-refractivity contribution in [3.8, 4) is 0 Å².